The van der Waals surface area contributed by atoms with E-state index in [9.17, 15) is 0 Å². The van der Waals surface area contributed by atoms with Crippen LogP contribution in [-0.4, -0.2) is 0 Å². The van der Waals surface area contributed by atoms with Crippen LogP contribution in [0.5, 0.6) is 0 Å². The average Bonchev–Trinajstić information content (AvgIpc) is 3.30. The Labute approximate surface area is 339 Å². The summed E-state index contributed by atoms with van der Waals surface area (Å²) in [5.41, 5.74) is 14.8. The maximum absolute atomic E-state index is 2.40. The SMILES string of the molecule is c1ccc(-c2cc(-c3c4ccccc4c(-c4ccc(-c5ccc(-c6ccc(-c7ccc8ccccc8c7)cc6)cc5)cc4)c4ccccc34)cc3ccccc23)cc1. The van der Waals surface area contributed by atoms with Gasteiger partial charge in [0.25, 0.3) is 0 Å². The van der Waals surface area contributed by atoms with Crippen LogP contribution < -0.4 is 0 Å². The highest BCUT2D eigenvalue weighted by atomic mass is 14.2. The molecule has 11 aromatic rings. The normalized spacial score (nSPS) is 11.4. The van der Waals surface area contributed by atoms with Crippen LogP contribution in [0.15, 0.2) is 231 Å². The molecule has 0 saturated heterocycles. The Hall–Kier alpha value is -7.54. The Balaban J connectivity index is 0.944. The lowest BCUT2D eigenvalue weighted by Gasteiger charge is -2.19. The van der Waals surface area contributed by atoms with Gasteiger partial charge in [-0.05, 0) is 128 Å². The van der Waals surface area contributed by atoms with E-state index >= 15 is 0 Å². The van der Waals surface area contributed by atoms with E-state index in [1.165, 1.54) is 110 Å². The van der Waals surface area contributed by atoms with Crippen molar-refractivity contribution < 1.29 is 0 Å². The third-order valence-electron chi connectivity index (χ3n) is 11.9. The molecule has 0 aliphatic heterocycles. The van der Waals surface area contributed by atoms with Gasteiger partial charge in [0, 0.05) is 0 Å². The van der Waals surface area contributed by atoms with Crippen LogP contribution in [-0.2, 0) is 0 Å². The van der Waals surface area contributed by atoms with Crippen molar-refractivity contribution >= 4 is 43.1 Å². The second-order valence-electron chi connectivity index (χ2n) is 15.2. The number of hydrogen-bond donors (Lipinski definition) is 0. The van der Waals surface area contributed by atoms with Crippen molar-refractivity contribution in [3.63, 3.8) is 0 Å². The molecule has 0 fully saturated rings. The second kappa shape index (κ2) is 14.2. The van der Waals surface area contributed by atoms with Gasteiger partial charge in [0.15, 0.2) is 0 Å². The van der Waals surface area contributed by atoms with Crippen molar-refractivity contribution in [2.24, 2.45) is 0 Å². The topological polar surface area (TPSA) is 0 Å². The van der Waals surface area contributed by atoms with Crippen molar-refractivity contribution in [2.75, 3.05) is 0 Å². The summed E-state index contributed by atoms with van der Waals surface area (Å²) < 4.78 is 0. The number of rotatable bonds is 6. The van der Waals surface area contributed by atoms with E-state index in [0.717, 1.165) is 0 Å². The lowest BCUT2D eigenvalue weighted by Crippen LogP contribution is -1.92. The second-order valence-corrected chi connectivity index (χ2v) is 15.2. The summed E-state index contributed by atoms with van der Waals surface area (Å²) in [7, 11) is 0. The van der Waals surface area contributed by atoms with Gasteiger partial charge in [-0.15, -0.1) is 0 Å². The van der Waals surface area contributed by atoms with Crippen LogP contribution in [0.3, 0.4) is 0 Å². The first kappa shape index (κ1) is 33.8. The molecule has 0 spiro atoms. The first-order valence-corrected chi connectivity index (χ1v) is 20.1. The zero-order valence-electron chi connectivity index (χ0n) is 31.9. The van der Waals surface area contributed by atoms with Gasteiger partial charge < -0.3 is 0 Å². The Morgan fingerprint density at radius 3 is 1.07 bits per heavy atom. The quantitative estimate of drug-likeness (QED) is 0.149. The molecule has 0 atom stereocenters. The molecule has 58 heavy (non-hydrogen) atoms. The molecular weight excluding hydrogens is 697 g/mol. The first-order valence-electron chi connectivity index (χ1n) is 20.1. The molecule has 0 nitrogen and oxygen atoms in total. The Morgan fingerprint density at radius 2 is 0.534 bits per heavy atom. The number of fused-ring (bicyclic) bond motifs is 4. The maximum atomic E-state index is 2.40. The summed E-state index contributed by atoms with van der Waals surface area (Å²) in [5, 5.41) is 10.1. The molecule has 0 aromatic heterocycles. The fraction of sp³-hybridized carbons (Fsp3) is 0. The van der Waals surface area contributed by atoms with Gasteiger partial charge in [-0.3, -0.25) is 0 Å². The minimum Gasteiger partial charge on any atom is -0.0622 e. The fourth-order valence-electron chi connectivity index (χ4n) is 8.97. The number of benzene rings is 11. The molecular formula is C58H38. The molecule has 0 N–H and O–H groups in total. The highest BCUT2D eigenvalue weighted by Crippen LogP contribution is 2.45. The fourth-order valence-corrected chi connectivity index (χ4v) is 8.97. The monoisotopic (exact) mass is 734 g/mol. The van der Waals surface area contributed by atoms with Crippen molar-refractivity contribution in [2.45, 2.75) is 0 Å². The van der Waals surface area contributed by atoms with Crippen LogP contribution in [0.2, 0.25) is 0 Å². The van der Waals surface area contributed by atoms with Crippen molar-refractivity contribution in [1.29, 1.82) is 0 Å². The van der Waals surface area contributed by atoms with E-state index in [0.29, 0.717) is 0 Å². The standard InChI is InChI=1S/C58H38/c1-2-13-45(14-3-1)56-38-50(37-49-16-6-7-17-51(49)56)58-54-20-10-8-18-52(54)57(53-19-9-11-21-55(53)58)46-33-30-43(31-34-46)41-24-22-40(23-25-41)42-26-28-44(29-27-42)48-35-32-39-12-4-5-15-47(39)36-48/h1-38H. The summed E-state index contributed by atoms with van der Waals surface area (Å²) in [6, 6.07) is 84.5. The molecule has 0 aliphatic rings. The van der Waals surface area contributed by atoms with Gasteiger partial charge in [0.05, 0.1) is 0 Å². The zero-order valence-corrected chi connectivity index (χ0v) is 31.9. The Morgan fingerprint density at radius 1 is 0.172 bits per heavy atom. The Bertz CT molecular complexity index is 3220. The molecule has 0 amide bonds. The summed E-state index contributed by atoms with van der Waals surface area (Å²) in [6.07, 6.45) is 0. The molecule has 0 aliphatic carbocycles. The lowest BCUT2D eigenvalue weighted by molar-refractivity contribution is 1.58. The van der Waals surface area contributed by atoms with Gasteiger partial charge in [-0.1, -0.05) is 212 Å². The van der Waals surface area contributed by atoms with Crippen LogP contribution >= 0.6 is 0 Å². The summed E-state index contributed by atoms with van der Waals surface area (Å²) in [6.45, 7) is 0. The van der Waals surface area contributed by atoms with E-state index in [-0.39, 0.29) is 0 Å². The Kier molecular flexibility index (Phi) is 8.26. The minimum absolute atomic E-state index is 1.21. The van der Waals surface area contributed by atoms with E-state index in [1.54, 1.807) is 0 Å². The molecule has 0 saturated carbocycles. The van der Waals surface area contributed by atoms with E-state index in [4.69, 9.17) is 0 Å². The average molecular weight is 735 g/mol. The molecule has 0 heterocycles. The smallest absolute Gasteiger partial charge is 0.00259 e. The van der Waals surface area contributed by atoms with Gasteiger partial charge >= 0.3 is 0 Å². The van der Waals surface area contributed by atoms with E-state index in [2.05, 4.69) is 231 Å². The maximum Gasteiger partial charge on any atom is -0.00259 e. The van der Waals surface area contributed by atoms with Gasteiger partial charge in [0.1, 0.15) is 0 Å². The van der Waals surface area contributed by atoms with Gasteiger partial charge in [0.2, 0.25) is 0 Å². The summed E-state index contributed by atoms with van der Waals surface area (Å²) in [4.78, 5) is 0. The molecule has 270 valence electrons. The van der Waals surface area contributed by atoms with Gasteiger partial charge in [-0.25, -0.2) is 0 Å². The highest BCUT2D eigenvalue weighted by Gasteiger charge is 2.18. The van der Waals surface area contributed by atoms with E-state index < -0.39 is 0 Å². The summed E-state index contributed by atoms with van der Waals surface area (Å²) in [5.74, 6) is 0. The minimum atomic E-state index is 1.21. The van der Waals surface area contributed by atoms with Crippen molar-refractivity contribution in [3.05, 3.63) is 231 Å². The van der Waals surface area contributed by atoms with Crippen LogP contribution in [0.4, 0.5) is 0 Å². The highest BCUT2D eigenvalue weighted by molar-refractivity contribution is 6.22. The molecule has 0 heteroatoms. The molecule has 0 radical (unpaired) electrons. The van der Waals surface area contributed by atoms with E-state index in [1.807, 2.05) is 0 Å². The molecule has 0 unspecified atom stereocenters. The molecule has 0 bridgehead atoms. The van der Waals surface area contributed by atoms with Crippen LogP contribution in [0.1, 0.15) is 0 Å². The van der Waals surface area contributed by atoms with Crippen molar-refractivity contribution in [1.82, 2.24) is 0 Å². The van der Waals surface area contributed by atoms with Crippen molar-refractivity contribution in [3.8, 4) is 66.8 Å². The predicted octanol–water partition coefficient (Wildman–Crippen LogP) is 16.3. The number of hydrogen-bond acceptors (Lipinski definition) is 0. The third kappa shape index (κ3) is 5.95. The largest absolute Gasteiger partial charge is 0.0622 e. The van der Waals surface area contributed by atoms with Crippen LogP contribution in [0, 0.1) is 0 Å². The first-order chi connectivity index (χ1) is 28.7. The van der Waals surface area contributed by atoms with Crippen LogP contribution in [0.25, 0.3) is 110 Å². The lowest BCUT2D eigenvalue weighted by atomic mass is 9.84. The molecule has 11 rings (SSSR count). The predicted molar refractivity (Wildman–Crippen MR) is 249 cm³/mol. The third-order valence-corrected chi connectivity index (χ3v) is 11.9. The zero-order chi connectivity index (χ0) is 38.4. The van der Waals surface area contributed by atoms with Gasteiger partial charge in [-0.2, -0.15) is 0 Å². The molecule has 11 aromatic carbocycles. The summed E-state index contributed by atoms with van der Waals surface area (Å²) >= 11 is 0.